The van der Waals surface area contributed by atoms with Crippen molar-refractivity contribution in [3.8, 4) is 0 Å². The van der Waals surface area contributed by atoms with Crippen molar-refractivity contribution in [1.29, 1.82) is 0 Å². The Bertz CT molecular complexity index is 294. The van der Waals surface area contributed by atoms with Crippen LogP contribution in [-0.2, 0) is 4.43 Å². The maximum atomic E-state index is 9.26. The average Bonchev–Trinajstić information content (AvgIpc) is 2.22. The largest absolute Gasteiger partial charge is 0.671 e. The number of rotatable bonds is 10. The summed E-state index contributed by atoms with van der Waals surface area (Å²) in [7, 11) is -4.45. The second kappa shape index (κ2) is 9.38. The van der Waals surface area contributed by atoms with Crippen molar-refractivity contribution in [3.63, 3.8) is 0 Å². The molecule has 0 aromatic carbocycles. The van der Waals surface area contributed by atoms with Crippen LogP contribution in [0.15, 0.2) is 0 Å². The lowest BCUT2D eigenvalue weighted by atomic mass is 9.83. The van der Waals surface area contributed by atoms with Crippen molar-refractivity contribution < 1.29 is 18.8 Å². The fourth-order valence-electron chi connectivity index (χ4n) is 3.37. The van der Waals surface area contributed by atoms with Crippen LogP contribution in [0.3, 0.4) is 0 Å². The van der Waals surface area contributed by atoms with E-state index in [1.54, 1.807) is 0 Å². The van der Waals surface area contributed by atoms with Gasteiger partial charge in [-0.15, -0.1) is 0 Å². The van der Waals surface area contributed by atoms with E-state index in [2.05, 4.69) is 48.5 Å². The third-order valence-corrected chi connectivity index (χ3v) is 4.55. The van der Waals surface area contributed by atoms with E-state index in [0.717, 1.165) is 25.7 Å². The van der Waals surface area contributed by atoms with Crippen molar-refractivity contribution >= 4 is 9.05 Å². The van der Waals surface area contributed by atoms with E-state index in [4.69, 9.17) is 4.43 Å². The zero-order valence-corrected chi connectivity index (χ0v) is 16.6. The molecule has 0 aliphatic heterocycles. The van der Waals surface area contributed by atoms with E-state index in [-0.39, 0.29) is 12.0 Å². The van der Waals surface area contributed by atoms with Gasteiger partial charge in [0.15, 0.2) is 0 Å². The molecule has 4 nitrogen and oxygen atoms in total. The van der Waals surface area contributed by atoms with E-state index in [1.807, 2.05) is 0 Å². The Hall–Kier alpha value is 0.0569. The molecule has 3 N–H and O–H groups in total. The fraction of sp³-hybridized carbons (Fsp3) is 1.00. The molecule has 3 atom stereocenters. The minimum atomic E-state index is -4.45. The summed E-state index contributed by atoms with van der Waals surface area (Å²) in [5.41, 5.74) is 0.337. The van der Waals surface area contributed by atoms with Crippen LogP contribution in [-0.4, -0.2) is 29.5 Å². The molecule has 0 bridgehead atoms. The molecule has 0 rings (SSSR count). The van der Waals surface area contributed by atoms with Gasteiger partial charge in [0.2, 0.25) is 0 Å². The smallest absolute Gasteiger partial charge is 0.368 e. The van der Waals surface area contributed by atoms with E-state index in [1.165, 1.54) is 6.42 Å². The molecule has 0 fully saturated rings. The first kappa shape index (κ1) is 22.1. The number of hydrogen-bond donors (Lipinski definition) is 3. The summed E-state index contributed by atoms with van der Waals surface area (Å²) in [6, 6.07) is 0. The fourth-order valence-corrected chi connectivity index (χ4v) is 4.13. The molecule has 0 spiro atoms. The van der Waals surface area contributed by atoms with Crippen LogP contribution in [0.25, 0.3) is 0 Å². The third-order valence-electron chi connectivity index (χ3n) is 3.93. The van der Waals surface area contributed by atoms with Crippen LogP contribution in [0.5, 0.6) is 0 Å². The summed E-state index contributed by atoms with van der Waals surface area (Å²) >= 11 is 0. The summed E-state index contributed by atoms with van der Waals surface area (Å²) < 4.78 is 5.19. The normalized spacial score (nSPS) is 17.6. The molecular weight excluding hydrogens is 296 g/mol. The van der Waals surface area contributed by atoms with Crippen LogP contribution < -0.4 is 0 Å². The Kier molecular flexibility index (Phi) is 9.40. The molecule has 0 saturated heterocycles. The monoisotopic (exact) mass is 334 g/mol. The van der Waals surface area contributed by atoms with Gasteiger partial charge in [-0.1, -0.05) is 61.3 Å². The summed E-state index contributed by atoms with van der Waals surface area (Å²) in [5.74, 6) is 1.37. The lowest BCUT2D eigenvalue weighted by Crippen LogP contribution is -2.44. The molecule has 0 saturated carbocycles. The van der Waals surface area contributed by atoms with E-state index in [9.17, 15) is 14.4 Å². The highest BCUT2D eigenvalue weighted by Crippen LogP contribution is 2.29. The predicted molar refractivity (Wildman–Crippen MR) is 93.0 cm³/mol. The maximum absolute atomic E-state index is 9.26. The second-order valence-corrected chi connectivity index (χ2v) is 10.0. The molecular formula is C17H38O4Si. The van der Waals surface area contributed by atoms with Crippen molar-refractivity contribution in [2.45, 2.75) is 86.7 Å². The van der Waals surface area contributed by atoms with Crippen molar-refractivity contribution in [2.75, 3.05) is 0 Å². The SMILES string of the molecule is CC(C)CC(C)C(CCCC(C)CC(C)(C)C)O[Si](O)(O)O. The molecule has 0 radical (unpaired) electrons. The van der Waals surface area contributed by atoms with E-state index < -0.39 is 9.05 Å². The summed E-state index contributed by atoms with van der Waals surface area (Å²) in [5, 5.41) is 0. The van der Waals surface area contributed by atoms with Crippen LogP contribution in [0, 0.1) is 23.2 Å². The van der Waals surface area contributed by atoms with Crippen LogP contribution >= 0.6 is 0 Å². The van der Waals surface area contributed by atoms with Gasteiger partial charge in [-0.25, -0.2) is 0 Å². The Morgan fingerprint density at radius 3 is 1.91 bits per heavy atom. The molecule has 0 amide bonds. The molecule has 0 aromatic rings. The molecule has 0 aromatic heterocycles. The lowest BCUT2D eigenvalue weighted by Gasteiger charge is -2.29. The highest BCUT2D eigenvalue weighted by molar-refractivity contribution is 6.48. The lowest BCUT2D eigenvalue weighted by molar-refractivity contribution is -0.00731. The highest BCUT2D eigenvalue weighted by atomic mass is 28.4. The minimum Gasteiger partial charge on any atom is -0.368 e. The van der Waals surface area contributed by atoms with Crippen LogP contribution in [0.4, 0.5) is 0 Å². The zero-order chi connectivity index (χ0) is 17.6. The van der Waals surface area contributed by atoms with Crippen molar-refractivity contribution in [3.05, 3.63) is 0 Å². The predicted octanol–water partition coefficient (Wildman–Crippen LogP) is 3.71. The molecule has 134 valence electrons. The second-order valence-electron chi connectivity index (χ2n) is 8.64. The van der Waals surface area contributed by atoms with Gasteiger partial charge >= 0.3 is 9.05 Å². The van der Waals surface area contributed by atoms with Gasteiger partial charge < -0.3 is 18.8 Å². The van der Waals surface area contributed by atoms with Crippen LogP contribution in [0.2, 0.25) is 0 Å². The molecule has 22 heavy (non-hydrogen) atoms. The van der Waals surface area contributed by atoms with Crippen LogP contribution in [0.1, 0.15) is 80.6 Å². The van der Waals surface area contributed by atoms with Gasteiger partial charge in [0, 0.05) is 0 Å². The quantitative estimate of drug-likeness (QED) is 0.533. The summed E-state index contributed by atoms with van der Waals surface area (Å²) in [6.45, 7) is 15.4. The number of hydrogen-bond acceptors (Lipinski definition) is 4. The first-order valence-electron chi connectivity index (χ1n) is 8.65. The standard InChI is InChI=1S/C17H38O4Si/c1-13(2)11-15(4)16(21-22(18,19)20)10-8-9-14(3)12-17(5,6)7/h13-16,18-20H,8-12H2,1-7H3. The van der Waals surface area contributed by atoms with Gasteiger partial charge in [-0.3, -0.25) is 0 Å². The third kappa shape index (κ3) is 12.6. The highest BCUT2D eigenvalue weighted by Gasteiger charge is 2.36. The van der Waals surface area contributed by atoms with Gasteiger partial charge in [-0.2, -0.15) is 0 Å². The van der Waals surface area contributed by atoms with Crippen molar-refractivity contribution in [2.24, 2.45) is 23.2 Å². The Balaban J connectivity index is 4.40. The molecule has 3 unspecified atom stereocenters. The molecule has 0 heterocycles. The average molecular weight is 335 g/mol. The first-order chi connectivity index (χ1) is 9.80. The Morgan fingerprint density at radius 1 is 0.955 bits per heavy atom. The summed E-state index contributed by atoms with van der Waals surface area (Å²) in [6.07, 6.45) is 4.69. The van der Waals surface area contributed by atoms with Gasteiger partial charge in [0.05, 0.1) is 6.10 Å². The summed E-state index contributed by atoms with van der Waals surface area (Å²) in [4.78, 5) is 27.8. The van der Waals surface area contributed by atoms with Gasteiger partial charge in [0.1, 0.15) is 0 Å². The topological polar surface area (TPSA) is 69.9 Å². The zero-order valence-electron chi connectivity index (χ0n) is 15.6. The van der Waals surface area contributed by atoms with E-state index in [0.29, 0.717) is 17.3 Å². The van der Waals surface area contributed by atoms with Gasteiger partial charge in [0.25, 0.3) is 0 Å². The Morgan fingerprint density at radius 2 is 1.50 bits per heavy atom. The first-order valence-corrected chi connectivity index (χ1v) is 10.4. The molecule has 0 aliphatic carbocycles. The van der Waals surface area contributed by atoms with Gasteiger partial charge in [-0.05, 0) is 42.4 Å². The maximum Gasteiger partial charge on any atom is 0.671 e. The van der Waals surface area contributed by atoms with E-state index >= 15 is 0 Å². The van der Waals surface area contributed by atoms with Crippen molar-refractivity contribution in [1.82, 2.24) is 0 Å². The Labute approximate surface area is 138 Å². The molecule has 5 heteroatoms. The minimum absolute atomic E-state index is 0.205. The molecule has 0 aliphatic rings.